The molecule has 0 bridgehead atoms. The minimum Gasteiger partial charge on any atom is -0.475 e. The van der Waals surface area contributed by atoms with E-state index in [0.717, 1.165) is 44.8 Å². The molecule has 0 spiro atoms. The van der Waals surface area contributed by atoms with Gasteiger partial charge in [0.25, 0.3) is 0 Å². The molecule has 3 saturated heterocycles. The molecule has 3 atom stereocenters. The first-order chi connectivity index (χ1) is 13.8. The van der Waals surface area contributed by atoms with Crippen molar-refractivity contribution < 1.29 is 32.6 Å². The van der Waals surface area contributed by atoms with Crippen molar-refractivity contribution in [2.45, 2.75) is 43.9 Å². The summed E-state index contributed by atoms with van der Waals surface area (Å²) < 4.78 is 37.3. The second-order valence-electron chi connectivity index (χ2n) is 7.59. The van der Waals surface area contributed by atoms with Crippen LogP contribution in [0.5, 0.6) is 0 Å². The van der Waals surface area contributed by atoms with Gasteiger partial charge in [-0.3, -0.25) is 9.69 Å². The van der Waals surface area contributed by atoms with Crippen LogP contribution >= 0.6 is 0 Å². The number of aliphatic carboxylic acids is 1. The maximum absolute atomic E-state index is 12.5. The number of hydrogen-bond donors (Lipinski definition) is 1. The second kappa shape index (κ2) is 9.13. The Morgan fingerprint density at radius 1 is 1.14 bits per heavy atom. The zero-order valence-corrected chi connectivity index (χ0v) is 16.0. The normalized spacial score (nSPS) is 27.3. The molecule has 3 aliphatic rings. The van der Waals surface area contributed by atoms with Gasteiger partial charge in [0.1, 0.15) is 0 Å². The predicted octanol–water partition coefficient (Wildman–Crippen LogP) is 2.93. The van der Waals surface area contributed by atoms with E-state index in [-0.39, 0.29) is 0 Å². The van der Waals surface area contributed by atoms with Crippen molar-refractivity contribution in [3.8, 4) is 0 Å². The van der Waals surface area contributed by atoms with E-state index in [4.69, 9.17) is 14.6 Å². The lowest BCUT2D eigenvalue weighted by atomic mass is 9.95. The van der Waals surface area contributed by atoms with Crippen LogP contribution in [0.15, 0.2) is 30.3 Å². The van der Waals surface area contributed by atoms with E-state index in [1.807, 2.05) is 18.2 Å². The smallest absolute Gasteiger partial charge is 0.475 e. The molecular formula is C20H25F3N2O4. The lowest BCUT2D eigenvalue weighted by molar-refractivity contribution is -0.192. The number of carboxylic acids is 1. The summed E-state index contributed by atoms with van der Waals surface area (Å²) in [5, 5.41) is 7.12. The van der Waals surface area contributed by atoms with E-state index in [1.54, 1.807) is 0 Å². The van der Waals surface area contributed by atoms with E-state index in [1.165, 1.54) is 6.42 Å². The monoisotopic (exact) mass is 414 g/mol. The van der Waals surface area contributed by atoms with Gasteiger partial charge >= 0.3 is 12.1 Å². The SMILES string of the molecule is O=C(O)C(F)(F)F.O=C1CC[C@H]2[C@H](CCN2CC2CCOC2)N1c1ccccc1. The van der Waals surface area contributed by atoms with Crippen molar-refractivity contribution in [2.75, 3.05) is 31.2 Å². The minimum atomic E-state index is -5.08. The molecule has 0 radical (unpaired) electrons. The molecule has 0 aliphatic carbocycles. The number of amides is 1. The number of anilines is 1. The van der Waals surface area contributed by atoms with Gasteiger partial charge in [-0.15, -0.1) is 0 Å². The summed E-state index contributed by atoms with van der Waals surface area (Å²) in [6.07, 6.45) is -1.11. The summed E-state index contributed by atoms with van der Waals surface area (Å²) in [5.41, 5.74) is 1.06. The van der Waals surface area contributed by atoms with Crippen LogP contribution in [0.25, 0.3) is 0 Å². The van der Waals surface area contributed by atoms with Crippen LogP contribution in [0, 0.1) is 5.92 Å². The van der Waals surface area contributed by atoms with Gasteiger partial charge in [-0.2, -0.15) is 13.2 Å². The maximum atomic E-state index is 12.5. The van der Waals surface area contributed by atoms with Gasteiger partial charge in [-0.25, -0.2) is 4.79 Å². The molecule has 3 aliphatic heterocycles. The molecule has 4 rings (SSSR count). The highest BCUT2D eigenvalue weighted by Gasteiger charge is 2.44. The number of carbonyl (C=O) groups is 2. The van der Waals surface area contributed by atoms with E-state index >= 15 is 0 Å². The zero-order valence-electron chi connectivity index (χ0n) is 16.0. The number of nitrogens with zero attached hydrogens (tertiary/aromatic N) is 2. The summed E-state index contributed by atoms with van der Waals surface area (Å²) in [4.78, 5) is 26.1. The van der Waals surface area contributed by atoms with E-state index < -0.39 is 12.1 Å². The highest BCUT2D eigenvalue weighted by molar-refractivity contribution is 5.95. The number of carboxylic acid groups (broad SMARTS) is 1. The lowest BCUT2D eigenvalue weighted by Gasteiger charge is -2.40. The summed E-state index contributed by atoms with van der Waals surface area (Å²) in [5.74, 6) is -1.78. The Morgan fingerprint density at radius 3 is 2.41 bits per heavy atom. The average molecular weight is 414 g/mol. The van der Waals surface area contributed by atoms with Crippen LogP contribution in [0.1, 0.15) is 25.7 Å². The summed E-state index contributed by atoms with van der Waals surface area (Å²) in [7, 11) is 0. The zero-order chi connectivity index (χ0) is 21.0. The molecule has 6 nitrogen and oxygen atoms in total. The highest BCUT2D eigenvalue weighted by atomic mass is 19.4. The molecule has 3 fully saturated rings. The maximum Gasteiger partial charge on any atom is 0.490 e. The third-order valence-electron chi connectivity index (χ3n) is 5.67. The van der Waals surface area contributed by atoms with Crippen molar-refractivity contribution in [1.29, 1.82) is 0 Å². The lowest BCUT2D eigenvalue weighted by Crippen LogP contribution is -2.53. The third kappa shape index (κ3) is 5.27. The Kier molecular flexibility index (Phi) is 6.79. The van der Waals surface area contributed by atoms with Gasteiger partial charge in [0.2, 0.25) is 5.91 Å². The van der Waals surface area contributed by atoms with Crippen LogP contribution in [0.3, 0.4) is 0 Å². The molecule has 9 heteroatoms. The number of rotatable bonds is 3. The number of hydrogen-bond acceptors (Lipinski definition) is 4. The number of ether oxygens (including phenoxy) is 1. The van der Waals surface area contributed by atoms with Crippen LogP contribution in [-0.4, -0.2) is 66.4 Å². The largest absolute Gasteiger partial charge is 0.490 e. The van der Waals surface area contributed by atoms with Gasteiger partial charge in [0, 0.05) is 37.8 Å². The molecule has 0 saturated carbocycles. The fourth-order valence-corrected chi connectivity index (χ4v) is 4.36. The first kappa shape index (κ1) is 21.6. The van der Waals surface area contributed by atoms with Crippen LogP contribution in [0.2, 0.25) is 0 Å². The molecule has 1 amide bonds. The molecule has 29 heavy (non-hydrogen) atoms. The summed E-state index contributed by atoms with van der Waals surface area (Å²) >= 11 is 0. The van der Waals surface area contributed by atoms with Gasteiger partial charge < -0.3 is 14.7 Å². The fraction of sp³-hybridized carbons (Fsp3) is 0.600. The minimum absolute atomic E-state index is 0.290. The van der Waals surface area contributed by atoms with E-state index in [9.17, 15) is 18.0 Å². The molecule has 3 heterocycles. The molecule has 1 aromatic carbocycles. The Bertz CT molecular complexity index is 707. The number of para-hydroxylation sites is 1. The Morgan fingerprint density at radius 2 is 1.83 bits per heavy atom. The van der Waals surface area contributed by atoms with Crippen molar-refractivity contribution in [1.82, 2.24) is 4.90 Å². The van der Waals surface area contributed by atoms with Crippen molar-refractivity contribution in [3.63, 3.8) is 0 Å². The Labute approximate surface area is 167 Å². The van der Waals surface area contributed by atoms with Crippen LogP contribution < -0.4 is 4.90 Å². The Balaban J connectivity index is 0.000000298. The van der Waals surface area contributed by atoms with Gasteiger partial charge in [-0.05, 0) is 37.3 Å². The molecular weight excluding hydrogens is 389 g/mol. The number of fused-ring (bicyclic) bond motifs is 1. The van der Waals surface area contributed by atoms with E-state index in [0.29, 0.717) is 30.3 Å². The number of alkyl halides is 3. The first-order valence-electron chi connectivity index (χ1n) is 9.76. The first-order valence-corrected chi connectivity index (χ1v) is 9.76. The number of piperidine rings is 1. The molecule has 1 N–H and O–H groups in total. The quantitative estimate of drug-likeness (QED) is 0.824. The van der Waals surface area contributed by atoms with E-state index in [2.05, 4.69) is 21.9 Å². The molecule has 1 aromatic rings. The Hall–Kier alpha value is -2.13. The number of likely N-dealkylation sites (tertiary alicyclic amines) is 1. The third-order valence-corrected chi connectivity index (χ3v) is 5.67. The standard InChI is InChI=1S/C18H24N2O2.C2HF3O2/c21-18-7-6-16-17(20(18)15-4-2-1-3-5-15)8-10-19(16)12-14-9-11-22-13-14;3-2(4,5)1(6)7/h1-5,14,16-17H,6-13H2;(H,6,7)/t14?,16-,17-;/m0./s1. The van der Waals surface area contributed by atoms with Crippen molar-refractivity contribution in [3.05, 3.63) is 30.3 Å². The molecule has 0 aromatic heterocycles. The number of benzene rings is 1. The fourth-order valence-electron chi connectivity index (χ4n) is 4.36. The molecule has 160 valence electrons. The van der Waals surface area contributed by atoms with Crippen LogP contribution in [-0.2, 0) is 14.3 Å². The topological polar surface area (TPSA) is 70.1 Å². The van der Waals surface area contributed by atoms with Gasteiger partial charge in [0.05, 0.1) is 12.6 Å². The average Bonchev–Trinajstić information content (AvgIpc) is 3.33. The predicted molar refractivity (Wildman–Crippen MR) is 99.5 cm³/mol. The van der Waals surface area contributed by atoms with Crippen molar-refractivity contribution >= 4 is 17.6 Å². The van der Waals surface area contributed by atoms with Gasteiger partial charge in [0.15, 0.2) is 0 Å². The van der Waals surface area contributed by atoms with Gasteiger partial charge in [-0.1, -0.05) is 18.2 Å². The number of carbonyl (C=O) groups excluding carboxylic acids is 1. The van der Waals surface area contributed by atoms with Crippen LogP contribution in [0.4, 0.5) is 18.9 Å². The van der Waals surface area contributed by atoms with Crippen molar-refractivity contribution in [2.24, 2.45) is 5.92 Å². The second-order valence-corrected chi connectivity index (χ2v) is 7.59. The highest BCUT2D eigenvalue weighted by Crippen LogP contribution is 2.35. The number of halogens is 3. The molecule has 1 unspecified atom stereocenters. The summed E-state index contributed by atoms with van der Waals surface area (Å²) in [6, 6.07) is 11.1. The summed E-state index contributed by atoms with van der Waals surface area (Å²) in [6.45, 7) is 4.08.